The minimum Gasteiger partial charge on any atom is -0.393 e. The van der Waals surface area contributed by atoms with Crippen molar-refractivity contribution in [3.63, 3.8) is 0 Å². The molecule has 3 aromatic rings. The van der Waals surface area contributed by atoms with Crippen LogP contribution in [0.3, 0.4) is 0 Å². The third-order valence-electron chi connectivity index (χ3n) is 5.06. The molecule has 0 amide bonds. The first-order valence-electron chi connectivity index (χ1n) is 9.33. The molecule has 1 saturated carbocycles. The largest absolute Gasteiger partial charge is 0.393 e. The highest BCUT2D eigenvalue weighted by atomic mass is 32.1. The standard InChI is InChI=1S/C21H25N3OS/c25-19-10-8-18(9-11-19)22-13-17-15-24(14-16-5-2-1-3-6-16)23-21(17)20-7-4-12-26-20/h1-7,12,15,18-19,22,25H,8-11,13-14H2. The molecule has 5 heteroatoms. The molecule has 1 aliphatic rings. The molecule has 26 heavy (non-hydrogen) atoms. The Balaban J connectivity index is 1.50. The van der Waals surface area contributed by atoms with E-state index < -0.39 is 0 Å². The van der Waals surface area contributed by atoms with Crippen molar-refractivity contribution < 1.29 is 5.11 Å². The summed E-state index contributed by atoms with van der Waals surface area (Å²) in [6.07, 6.45) is 5.97. The Morgan fingerprint density at radius 3 is 2.62 bits per heavy atom. The molecule has 4 nitrogen and oxygen atoms in total. The van der Waals surface area contributed by atoms with Crippen LogP contribution >= 0.6 is 11.3 Å². The van der Waals surface area contributed by atoms with Crippen LogP contribution in [0.15, 0.2) is 54.0 Å². The van der Waals surface area contributed by atoms with Gasteiger partial charge in [0, 0.05) is 24.3 Å². The Morgan fingerprint density at radius 2 is 1.88 bits per heavy atom. The van der Waals surface area contributed by atoms with E-state index in [-0.39, 0.29) is 6.10 Å². The van der Waals surface area contributed by atoms with Crippen molar-refractivity contribution in [3.8, 4) is 10.6 Å². The Labute approximate surface area is 158 Å². The van der Waals surface area contributed by atoms with E-state index in [4.69, 9.17) is 5.10 Å². The van der Waals surface area contributed by atoms with E-state index in [2.05, 4.69) is 53.3 Å². The van der Waals surface area contributed by atoms with Gasteiger partial charge in [0.15, 0.2) is 0 Å². The van der Waals surface area contributed by atoms with Crippen molar-refractivity contribution in [1.29, 1.82) is 0 Å². The molecule has 0 atom stereocenters. The second-order valence-electron chi connectivity index (χ2n) is 7.05. The van der Waals surface area contributed by atoms with Crippen LogP contribution in [0.2, 0.25) is 0 Å². The molecule has 1 aliphatic carbocycles. The number of nitrogens with one attached hydrogen (secondary N) is 1. The zero-order chi connectivity index (χ0) is 17.8. The summed E-state index contributed by atoms with van der Waals surface area (Å²) in [5, 5.41) is 20.3. The summed E-state index contributed by atoms with van der Waals surface area (Å²) < 4.78 is 2.05. The number of aromatic nitrogens is 2. The van der Waals surface area contributed by atoms with Gasteiger partial charge in [-0.3, -0.25) is 4.68 Å². The van der Waals surface area contributed by atoms with Crippen molar-refractivity contribution in [1.82, 2.24) is 15.1 Å². The minimum absolute atomic E-state index is 0.108. The van der Waals surface area contributed by atoms with E-state index in [1.54, 1.807) is 11.3 Å². The number of aliphatic hydroxyl groups is 1. The normalized spacial score (nSPS) is 20.3. The topological polar surface area (TPSA) is 50.1 Å². The number of nitrogens with zero attached hydrogens (tertiary/aromatic N) is 2. The number of hydrogen-bond donors (Lipinski definition) is 2. The van der Waals surface area contributed by atoms with Gasteiger partial charge in [-0.05, 0) is 42.7 Å². The second-order valence-corrected chi connectivity index (χ2v) is 8.00. The molecular formula is C21H25N3OS. The van der Waals surface area contributed by atoms with Crippen LogP contribution in [-0.4, -0.2) is 27.0 Å². The van der Waals surface area contributed by atoms with E-state index in [0.717, 1.165) is 44.5 Å². The van der Waals surface area contributed by atoms with Gasteiger partial charge in [-0.15, -0.1) is 11.3 Å². The average Bonchev–Trinajstić information content (AvgIpc) is 3.32. The molecule has 0 bridgehead atoms. The minimum atomic E-state index is -0.108. The Bertz CT molecular complexity index is 805. The van der Waals surface area contributed by atoms with Crippen LogP contribution in [0.5, 0.6) is 0 Å². The SMILES string of the molecule is OC1CCC(NCc2cn(Cc3ccccc3)nc2-c2cccs2)CC1. The Kier molecular flexibility index (Phi) is 5.48. The monoisotopic (exact) mass is 367 g/mol. The highest BCUT2D eigenvalue weighted by Crippen LogP contribution is 2.27. The first kappa shape index (κ1) is 17.5. The maximum Gasteiger partial charge on any atom is 0.107 e. The molecule has 1 aromatic carbocycles. The van der Waals surface area contributed by atoms with Crippen molar-refractivity contribution >= 4 is 11.3 Å². The van der Waals surface area contributed by atoms with Crippen LogP contribution in [0.1, 0.15) is 36.8 Å². The third kappa shape index (κ3) is 4.23. The van der Waals surface area contributed by atoms with E-state index in [0.29, 0.717) is 6.04 Å². The summed E-state index contributed by atoms with van der Waals surface area (Å²) in [6, 6.07) is 15.2. The van der Waals surface area contributed by atoms with Crippen molar-refractivity contribution in [2.24, 2.45) is 0 Å². The number of hydrogen-bond acceptors (Lipinski definition) is 4. The predicted molar refractivity (Wildman–Crippen MR) is 106 cm³/mol. The summed E-state index contributed by atoms with van der Waals surface area (Å²) in [4.78, 5) is 1.22. The lowest BCUT2D eigenvalue weighted by molar-refractivity contribution is 0.116. The fourth-order valence-corrected chi connectivity index (χ4v) is 4.34. The lowest BCUT2D eigenvalue weighted by Gasteiger charge is -2.26. The van der Waals surface area contributed by atoms with Gasteiger partial charge < -0.3 is 10.4 Å². The van der Waals surface area contributed by atoms with Crippen molar-refractivity contribution in [2.75, 3.05) is 0 Å². The maximum atomic E-state index is 9.69. The zero-order valence-corrected chi connectivity index (χ0v) is 15.7. The van der Waals surface area contributed by atoms with Crippen molar-refractivity contribution in [3.05, 3.63) is 65.2 Å². The van der Waals surface area contributed by atoms with Gasteiger partial charge in [0.2, 0.25) is 0 Å². The molecule has 2 aromatic heterocycles. The van der Waals surface area contributed by atoms with Crippen LogP contribution in [0, 0.1) is 0 Å². The maximum absolute atomic E-state index is 9.69. The molecule has 0 aliphatic heterocycles. The van der Waals surface area contributed by atoms with Crippen LogP contribution < -0.4 is 5.32 Å². The molecular weight excluding hydrogens is 342 g/mol. The smallest absolute Gasteiger partial charge is 0.107 e. The second kappa shape index (κ2) is 8.16. The van der Waals surface area contributed by atoms with E-state index in [1.165, 1.54) is 16.0 Å². The summed E-state index contributed by atoms with van der Waals surface area (Å²) in [5.74, 6) is 0. The molecule has 2 N–H and O–H groups in total. The van der Waals surface area contributed by atoms with Gasteiger partial charge in [0.05, 0.1) is 17.5 Å². The number of thiophene rings is 1. The number of rotatable bonds is 6. The third-order valence-corrected chi connectivity index (χ3v) is 5.93. The Hall–Kier alpha value is -1.95. The van der Waals surface area contributed by atoms with Gasteiger partial charge in [-0.2, -0.15) is 5.10 Å². The van der Waals surface area contributed by atoms with Gasteiger partial charge in [-0.1, -0.05) is 36.4 Å². The van der Waals surface area contributed by atoms with Crippen LogP contribution in [0.25, 0.3) is 10.6 Å². The summed E-state index contributed by atoms with van der Waals surface area (Å²) in [6.45, 7) is 1.61. The zero-order valence-electron chi connectivity index (χ0n) is 14.8. The predicted octanol–water partition coefficient (Wildman–Crippen LogP) is 4.05. The molecule has 0 unspecified atom stereocenters. The molecule has 0 radical (unpaired) electrons. The molecule has 136 valence electrons. The van der Waals surface area contributed by atoms with Gasteiger partial charge >= 0.3 is 0 Å². The first-order valence-corrected chi connectivity index (χ1v) is 10.2. The van der Waals surface area contributed by atoms with E-state index in [1.807, 2.05) is 10.7 Å². The number of benzene rings is 1. The van der Waals surface area contributed by atoms with E-state index in [9.17, 15) is 5.11 Å². The Morgan fingerprint density at radius 1 is 1.08 bits per heavy atom. The molecule has 2 heterocycles. The fourth-order valence-electron chi connectivity index (χ4n) is 3.60. The fraction of sp³-hybridized carbons (Fsp3) is 0.381. The lowest BCUT2D eigenvalue weighted by Crippen LogP contribution is -2.34. The number of aliphatic hydroxyl groups excluding tert-OH is 1. The molecule has 0 saturated heterocycles. The highest BCUT2D eigenvalue weighted by Gasteiger charge is 2.20. The molecule has 0 spiro atoms. The average molecular weight is 368 g/mol. The summed E-state index contributed by atoms with van der Waals surface area (Å²) in [7, 11) is 0. The quantitative estimate of drug-likeness (QED) is 0.691. The van der Waals surface area contributed by atoms with Gasteiger partial charge in [0.25, 0.3) is 0 Å². The summed E-state index contributed by atoms with van der Waals surface area (Å²) >= 11 is 1.73. The lowest BCUT2D eigenvalue weighted by atomic mass is 9.93. The van der Waals surface area contributed by atoms with Crippen LogP contribution in [-0.2, 0) is 13.1 Å². The van der Waals surface area contributed by atoms with Crippen molar-refractivity contribution in [2.45, 2.75) is 50.9 Å². The van der Waals surface area contributed by atoms with Gasteiger partial charge in [-0.25, -0.2) is 0 Å². The highest BCUT2D eigenvalue weighted by molar-refractivity contribution is 7.13. The van der Waals surface area contributed by atoms with Gasteiger partial charge in [0.1, 0.15) is 5.69 Å². The molecule has 4 rings (SSSR count). The van der Waals surface area contributed by atoms with E-state index >= 15 is 0 Å². The van der Waals surface area contributed by atoms with Crippen LogP contribution in [0.4, 0.5) is 0 Å². The summed E-state index contributed by atoms with van der Waals surface area (Å²) in [5.41, 5.74) is 3.59. The molecule has 1 fully saturated rings. The first-order chi connectivity index (χ1) is 12.8.